The number of anilines is 1. The number of carbonyl (C=O) groups is 1. The Balaban J connectivity index is 1.23. The van der Waals surface area contributed by atoms with Crippen molar-refractivity contribution in [2.24, 2.45) is 5.10 Å². The second kappa shape index (κ2) is 9.99. The fourth-order valence-corrected chi connectivity index (χ4v) is 4.88. The number of hydrogen-bond acceptors (Lipinski definition) is 10. The van der Waals surface area contributed by atoms with E-state index < -0.39 is 0 Å². The molecule has 12 heteroatoms. The van der Waals surface area contributed by atoms with Crippen molar-refractivity contribution in [3.05, 3.63) is 78.1 Å². The molecule has 3 N–H and O–H groups in total. The van der Waals surface area contributed by atoms with Gasteiger partial charge in [0.25, 0.3) is 0 Å². The second-order valence-electron chi connectivity index (χ2n) is 9.96. The first-order valence-corrected chi connectivity index (χ1v) is 13.0. The quantitative estimate of drug-likeness (QED) is 0.292. The number of hydrazone groups is 1. The fraction of sp³-hybridized carbons (Fsp3) is 0.172. The van der Waals surface area contributed by atoms with E-state index in [4.69, 9.17) is 19.4 Å². The highest BCUT2D eigenvalue weighted by Crippen LogP contribution is 2.37. The van der Waals surface area contributed by atoms with Crippen LogP contribution in [0.15, 0.2) is 66.2 Å². The summed E-state index contributed by atoms with van der Waals surface area (Å²) in [5, 5.41) is 7.46. The summed E-state index contributed by atoms with van der Waals surface area (Å²) in [4.78, 5) is 36.0. The Morgan fingerprint density at radius 1 is 1.02 bits per heavy atom. The highest BCUT2D eigenvalue weighted by Gasteiger charge is 2.23. The lowest BCUT2D eigenvalue weighted by Crippen LogP contribution is -2.27. The molecule has 5 aromatic rings. The molecule has 0 unspecified atom stereocenters. The van der Waals surface area contributed by atoms with Crippen LogP contribution < -0.4 is 20.2 Å². The molecule has 4 aromatic heterocycles. The molecule has 0 atom stereocenters. The Kier molecular flexibility index (Phi) is 6.01. The zero-order valence-electron chi connectivity index (χ0n) is 22.3. The van der Waals surface area contributed by atoms with E-state index in [9.17, 15) is 4.79 Å². The molecule has 1 aromatic carbocycles. The molecule has 1 amide bonds. The van der Waals surface area contributed by atoms with E-state index in [1.807, 2.05) is 56.6 Å². The number of rotatable bonds is 6. The van der Waals surface area contributed by atoms with Crippen LogP contribution in [0.25, 0.3) is 33.5 Å². The van der Waals surface area contributed by atoms with Gasteiger partial charge < -0.3 is 30.1 Å². The Hall–Kier alpha value is -5.36. The van der Waals surface area contributed by atoms with Gasteiger partial charge in [-0.1, -0.05) is 12.1 Å². The number of imidazole rings is 1. The maximum absolute atomic E-state index is 12.3. The maximum atomic E-state index is 12.3. The molecule has 0 saturated heterocycles. The molecule has 0 aliphatic carbocycles. The SMILES string of the molecule is CN(C)CC(=O)Nc1cncc(-c2ccc3c(n2)C(c2nc4nccc(-c5ccc6c(c5)OCO6)c4[nH]2)=NNC3)c1. The molecule has 2 aliphatic rings. The van der Waals surface area contributed by atoms with Crippen molar-refractivity contribution in [3.8, 4) is 33.9 Å². The first kappa shape index (κ1) is 24.7. The van der Waals surface area contributed by atoms with E-state index in [-0.39, 0.29) is 19.2 Å². The summed E-state index contributed by atoms with van der Waals surface area (Å²) >= 11 is 0. The molecule has 0 bridgehead atoms. The predicted molar refractivity (Wildman–Crippen MR) is 153 cm³/mol. The van der Waals surface area contributed by atoms with Crippen molar-refractivity contribution >= 4 is 28.5 Å². The van der Waals surface area contributed by atoms with Gasteiger partial charge >= 0.3 is 0 Å². The van der Waals surface area contributed by atoms with Gasteiger partial charge in [0.05, 0.1) is 36.2 Å². The summed E-state index contributed by atoms with van der Waals surface area (Å²) in [6, 6.07) is 13.6. The molecule has 0 radical (unpaired) electrons. The van der Waals surface area contributed by atoms with Gasteiger partial charge in [0, 0.05) is 29.1 Å². The van der Waals surface area contributed by atoms with E-state index >= 15 is 0 Å². The van der Waals surface area contributed by atoms with Gasteiger partial charge in [0.2, 0.25) is 12.7 Å². The maximum Gasteiger partial charge on any atom is 0.238 e. The number of aromatic amines is 1. The van der Waals surface area contributed by atoms with Crippen molar-refractivity contribution in [3.63, 3.8) is 0 Å². The van der Waals surface area contributed by atoms with E-state index in [2.05, 4.69) is 30.8 Å². The van der Waals surface area contributed by atoms with Crippen LogP contribution in [0.1, 0.15) is 17.1 Å². The molecule has 41 heavy (non-hydrogen) atoms. The third-order valence-electron chi connectivity index (χ3n) is 6.74. The van der Waals surface area contributed by atoms with Crippen LogP contribution in [0.4, 0.5) is 5.69 Å². The topological polar surface area (TPSA) is 143 Å². The highest BCUT2D eigenvalue weighted by molar-refractivity contribution is 6.12. The summed E-state index contributed by atoms with van der Waals surface area (Å²) in [6.07, 6.45) is 5.07. The minimum Gasteiger partial charge on any atom is -0.454 e. The number of likely N-dealkylation sites (N-methyl/N-ethyl adjacent to an activating group) is 1. The number of hydrogen-bond donors (Lipinski definition) is 3. The monoisotopic (exact) mass is 547 g/mol. The molecular weight excluding hydrogens is 522 g/mol. The fourth-order valence-electron chi connectivity index (χ4n) is 4.88. The summed E-state index contributed by atoms with van der Waals surface area (Å²) < 4.78 is 11.0. The van der Waals surface area contributed by atoms with Crippen molar-refractivity contribution in [1.82, 2.24) is 35.2 Å². The minimum atomic E-state index is -0.119. The largest absolute Gasteiger partial charge is 0.454 e. The summed E-state index contributed by atoms with van der Waals surface area (Å²) in [7, 11) is 3.69. The normalized spacial score (nSPS) is 13.6. The Labute approximate surface area is 234 Å². The molecule has 0 saturated carbocycles. The van der Waals surface area contributed by atoms with Crippen LogP contribution in [0.5, 0.6) is 11.5 Å². The molecule has 12 nitrogen and oxygen atoms in total. The second-order valence-corrected chi connectivity index (χ2v) is 9.96. The van der Waals surface area contributed by atoms with Crippen LogP contribution in [-0.2, 0) is 11.3 Å². The van der Waals surface area contributed by atoms with Gasteiger partial charge in [0.15, 0.2) is 28.7 Å². The van der Waals surface area contributed by atoms with Crippen molar-refractivity contribution in [2.45, 2.75) is 6.54 Å². The van der Waals surface area contributed by atoms with Crippen molar-refractivity contribution in [2.75, 3.05) is 32.7 Å². The van der Waals surface area contributed by atoms with Crippen molar-refractivity contribution < 1.29 is 14.3 Å². The van der Waals surface area contributed by atoms with E-state index in [1.165, 1.54) is 0 Å². The molecule has 6 heterocycles. The van der Waals surface area contributed by atoms with Gasteiger partial charge in [-0.05, 0) is 50.0 Å². The molecule has 0 spiro atoms. The van der Waals surface area contributed by atoms with Crippen molar-refractivity contribution in [1.29, 1.82) is 0 Å². The number of nitrogens with zero attached hydrogens (tertiary/aromatic N) is 6. The minimum absolute atomic E-state index is 0.119. The molecule has 204 valence electrons. The number of pyridine rings is 3. The smallest absolute Gasteiger partial charge is 0.238 e. The van der Waals surface area contributed by atoms with Crippen LogP contribution >= 0.6 is 0 Å². The lowest BCUT2D eigenvalue weighted by molar-refractivity contribution is -0.116. The Morgan fingerprint density at radius 3 is 2.83 bits per heavy atom. The zero-order valence-corrected chi connectivity index (χ0v) is 22.3. The first-order valence-electron chi connectivity index (χ1n) is 13.0. The number of aromatic nitrogens is 5. The van der Waals surface area contributed by atoms with Gasteiger partial charge in [-0.2, -0.15) is 5.10 Å². The highest BCUT2D eigenvalue weighted by atomic mass is 16.7. The third-order valence-corrected chi connectivity index (χ3v) is 6.74. The number of benzene rings is 1. The van der Waals surface area contributed by atoms with E-state index in [0.29, 0.717) is 46.6 Å². The van der Waals surface area contributed by atoms with Gasteiger partial charge in [0.1, 0.15) is 5.69 Å². The summed E-state index contributed by atoms with van der Waals surface area (Å²) in [6.45, 7) is 1.02. The number of amides is 1. The number of carbonyl (C=O) groups excluding carboxylic acids is 1. The van der Waals surface area contributed by atoms with Gasteiger partial charge in [-0.15, -0.1) is 0 Å². The van der Waals surface area contributed by atoms with Gasteiger partial charge in [-0.25, -0.2) is 15.0 Å². The summed E-state index contributed by atoms with van der Waals surface area (Å²) in [5.74, 6) is 1.85. The lowest BCUT2D eigenvalue weighted by atomic mass is 10.0. The van der Waals surface area contributed by atoms with Crippen LogP contribution in [0.2, 0.25) is 0 Å². The average molecular weight is 548 g/mol. The number of ether oxygens (including phenoxy) is 2. The standard InChI is InChI=1S/C29H25N9O3/c1-38(2)14-24(39)33-19-9-18(11-30-13-19)21-5-3-17-12-32-37-27(25(17)34-21)29-35-26-20(7-8-31-28(26)36-29)16-4-6-22-23(10-16)41-15-40-22/h3-11,13,32H,12,14-15H2,1-2H3,(H,33,39)(H,31,35,36). The summed E-state index contributed by atoms with van der Waals surface area (Å²) in [5.41, 5.74) is 10.6. The van der Waals surface area contributed by atoms with E-state index in [0.717, 1.165) is 33.5 Å². The zero-order chi connectivity index (χ0) is 27.9. The molecular formula is C29H25N9O3. The lowest BCUT2D eigenvalue weighted by Gasteiger charge is -2.17. The third kappa shape index (κ3) is 4.70. The molecule has 2 aliphatic heterocycles. The number of H-pyrrole nitrogens is 1. The van der Waals surface area contributed by atoms with E-state index in [1.54, 1.807) is 23.5 Å². The molecule has 7 rings (SSSR count). The first-order chi connectivity index (χ1) is 20.0. The van der Waals surface area contributed by atoms with Gasteiger partial charge in [-0.3, -0.25) is 9.78 Å². The predicted octanol–water partition coefficient (Wildman–Crippen LogP) is 3.17. The Morgan fingerprint density at radius 2 is 1.93 bits per heavy atom. The Bertz CT molecular complexity index is 1850. The van der Waals surface area contributed by atoms with Crippen LogP contribution in [0, 0.1) is 0 Å². The molecule has 0 fully saturated rings. The number of fused-ring (bicyclic) bond motifs is 3. The number of nitrogens with one attached hydrogen (secondary N) is 3. The van der Waals surface area contributed by atoms with Crippen LogP contribution in [-0.4, -0.2) is 68.9 Å². The average Bonchev–Trinajstić information content (AvgIpc) is 3.63. The van der Waals surface area contributed by atoms with Crippen LogP contribution in [0.3, 0.4) is 0 Å².